The Morgan fingerprint density at radius 3 is 2.65 bits per heavy atom. The lowest BCUT2D eigenvalue weighted by Gasteiger charge is -2.06. The standard InChI is InChI=1S/C9H12Cl2N2O3S/c10-8-5-7(6-12-9(8)11)17(15,16)13-3-1-2-4-14/h5-6,13-14H,1-4H2. The molecule has 0 aliphatic carbocycles. The van der Waals surface area contributed by atoms with Crippen LogP contribution in [0.25, 0.3) is 0 Å². The third-order valence-corrected chi connectivity index (χ3v) is 4.07. The molecule has 0 saturated carbocycles. The molecule has 1 heterocycles. The normalized spacial score (nSPS) is 11.7. The minimum absolute atomic E-state index is 0.0316. The molecule has 0 spiro atoms. The van der Waals surface area contributed by atoms with Crippen molar-refractivity contribution in [1.29, 1.82) is 0 Å². The number of nitrogens with zero attached hydrogens (tertiary/aromatic N) is 1. The second-order valence-electron chi connectivity index (χ2n) is 3.27. The van der Waals surface area contributed by atoms with Crippen molar-refractivity contribution in [1.82, 2.24) is 9.71 Å². The first kappa shape index (κ1) is 14.7. The fourth-order valence-electron chi connectivity index (χ4n) is 1.08. The van der Waals surface area contributed by atoms with Gasteiger partial charge in [-0.15, -0.1) is 0 Å². The van der Waals surface area contributed by atoms with Gasteiger partial charge in [-0.25, -0.2) is 18.1 Å². The molecule has 17 heavy (non-hydrogen) atoms. The Bertz CT molecular complexity index is 479. The van der Waals surface area contributed by atoms with Crippen LogP contribution in [0.2, 0.25) is 10.2 Å². The van der Waals surface area contributed by atoms with Crippen LogP contribution in [0.3, 0.4) is 0 Å². The molecule has 0 amide bonds. The largest absolute Gasteiger partial charge is 0.396 e. The number of aromatic nitrogens is 1. The molecule has 8 heteroatoms. The summed E-state index contributed by atoms with van der Waals surface area (Å²) in [7, 11) is -3.62. The third kappa shape index (κ3) is 4.40. The fourth-order valence-corrected chi connectivity index (χ4v) is 2.46. The van der Waals surface area contributed by atoms with Gasteiger partial charge in [-0.3, -0.25) is 0 Å². The van der Waals surface area contributed by atoms with Gasteiger partial charge in [0.15, 0.2) is 0 Å². The van der Waals surface area contributed by atoms with Crippen LogP contribution in [0, 0.1) is 0 Å². The number of nitrogens with one attached hydrogen (secondary N) is 1. The van der Waals surface area contributed by atoms with E-state index in [0.29, 0.717) is 12.8 Å². The first-order valence-electron chi connectivity index (χ1n) is 4.89. The summed E-state index contributed by atoms with van der Waals surface area (Å²) in [6.07, 6.45) is 2.25. The Kier molecular flexibility index (Phi) is 5.61. The molecule has 0 aromatic carbocycles. The van der Waals surface area contributed by atoms with Crippen molar-refractivity contribution in [3.8, 4) is 0 Å². The SMILES string of the molecule is O=S(=O)(NCCCCO)c1cnc(Cl)c(Cl)c1. The second-order valence-corrected chi connectivity index (χ2v) is 5.80. The molecule has 0 aliphatic rings. The van der Waals surface area contributed by atoms with Gasteiger partial charge in [-0.05, 0) is 18.9 Å². The molecule has 0 bridgehead atoms. The summed E-state index contributed by atoms with van der Waals surface area (Å²) in [4.78, 5) is 3.63. The zero-order chi connectivity index (χ0) is 12.9. The fraction of sp³-hybridized carbons (Fsp3) is 0.444. The van der Waals surface area contributed by atoms with Gasteiger partial charge in [-0.1, -0.05) is 23.2 Å². The summed E-state index contributed by atoms with van der Waals surface area (Å²) < 4.78 is 25.9. The predicted molar refractivity (Wildman–Crippen MR) is 65.8 cm³/mol. The molecular formula is C9H12Cl2N2O3S. The van der Waals surface area contributed by atoms with Crippen LogP contribution >= 0.6 is 23.2 Å². The molecule has 5 nitrogen and oxygen atoms in total. The van der Waals surface area contributed by atoms with Crippen molar-refractivity contribution >= 4 is 33.2 Å². The molecule has 0 atom stereocenters. The number of pyridine rings is 1. The van der Waals surface area contributed by atoms with Crippen molar-refractivity contribution in [3.63, 3.8) is 0 Å². The summed E-state index contributed by atoms with van der Waals surface area (Å²) in [5.74, 6) is 0. The molecule has 1 aromatic heterocycles. The van der Waals surface area contributed by atoms with Crippen molar-refractivity contribution in [2.45, 2.75) is 17.7 Å². The van der Waals surface area contributed by atoms with Crippen LogP contribution in [0.15, 0.2) is 17.2 Å². The van der Waals surface area contributed by atoms with Gasteiger partial charge < -0.3 is 5.11 Å². The molecule has 0 unspecified atom stereocenters. The van der Waals surface area contributed by atoms with Gasteiger partial charge in [0, 0.05) is 19.3 Å². The number of hydrogen-bond acceptors (Lipinski definition) is 4. The van der Waals surface area contributed by atoms with E-state index in [4.69, 9.17) is 28.3 Å². The van der Waals surface area contributed by atoms with Gasteiger partial charge in [0.25, 0.3) is 0 Å². The summed E-state index contributed by atoms with van der Waals surface area (Å²) in [6.45, 7) is 0.291. The van der Waals surface area contributed by atoms with Gasteiger partial charge >= 0.3 is 0 Å². The Labute approximate surface area is 110 Å². The van der Waals surface area contributed by atoms with Gasteiger partial charge in [0.2, 0.25) is 10.0 Å². The summed E-state index contributed by atoms with van der Waals surface area (Å²) in [6, 6.07) is 1.24. The topological polar surface area (TPSA) is 79.3 Å². The minimum Gasteiger partial charge on any atom is -0.396 e. The monoisotopic (exact) mass is 298 g/mol. The maximum atomic E-state index is 11.7. The second kappa shape index (κ2) is 6.51. The highest BCUT2D eigenvalue weighted by atomic mass is 35.5. The van der Waals surface area contributed by atoms with E-state index in [1.165, 1.54) is 6.07 Å². The van der Waals surface area contributed by atoms with Crippen LogP contribution in [0.1, 0.15) is 12.8 Å². The molecule has 96 valence electrons. The van der Waals surface area contributed by atoms with E-state index in [9.17, 15) is 8.42 Å². The zero-order valence-electron chi connectivity index (χ0n) is 8.86. The van der Waals surface area contributed by atoms with Crippen molar-refractivity contribution in [3.05, 3.63) is 22.4 Å². The highest BCUT2D eigenvalue weighted by Gasteiger charge is 2.15. The van der Waals surface area contributed by atoms with E-state index in [1.54, 1.807) is 0 Å². The molecular weight excluding hydrogens is 287 g/mol. The Morgan fingerprint density at radius 2 is 2.06 bits per heavy atom. The lowest BCUT2D eigenvalue weighted by Crippen LogP contribution is -2.25. The molecule has 1 aromatic rings. The molecule has 1 rings (SSSR count). The lowest BCUT2D eigenvalue weighted by atomic mass is 10.3. The first-order valence-corrected chi connectivity index (χ1v) is 7.13. The average Bonchev–Trinajstić information content (AvgIpc) is 2.28. The van der Waals surface area contributed by atoms with E-state index >= 15 is 0 Å². The Balaban J connectivity index is 2.72. The average molecular weight is 299 g/mol. The van der Waals surface area contributed by atoms with E-state index in [2.05, 4.69) is 9.71 Å². The predicted octanol–water partition coefficient (Wildman–Crippen LogP) is 1.44. The lowest BCUT2D eigenvalue weighted by molar-refractivity contribution is 0.285. The Hall–Kier alpha value is -0.400. The maximum absolute atomic E-state index is 11.7. The number of halogens is 2. The van der Waals surface area contributed by atoms with Gasteiger partial charge in [-0.2, -0.15) is 0 Å². The maximum Gasteiger partial charge on any atom is 0.242 e. The molecule has 0 saturated heterocycles. The van der Waals surface area contributed by atoms with Crippen LogP contribution in [0.5, 0.6) is 0 Å². The van der Waals surface area contributed by atoms with Crippen molar-refractivity contribution < 1.29 is 13.5 Å². The number of aliphatic hydroxyl groups is 1. The molecule has 0 fully saturated rings. The van der Waals surface area contributed by atoms with Crippen molar-refractivity contribution in [2.75, 3.05) is 13.2 Å². The molecule has 0 aliphatic heterocycles. The van der Waals surface area contributed by atoms with E-state index in [1.807, 2.05) is 0 Å². The smallest absolute Gasteiger partial charge is 0.242 e. The molecule has 2 N–H and O–H groups in total. The van der Waals surface area contributed by atoms with E-state index < -0.39 is 10.0 Å². The van der Waals surface area contributed by atoms with Crippen LogP contribution < -0.4 is 4.72 Å². The van der Waals surface area contributed by atoms with Gasteiger partial charge in [0.1, 0.15) is 10.0 Å². The summed E-state index contributed by atoms with van der Waals surface area (Å²) in [5, 5.41) is 8.71. The first-order chi connectivity index (χ1) is 7.97. The third-order valence-electron chi connectivity index (χ3n) is 1.96. The molecule has 0 radical (unpaired) electrons. The number of rotatable bonds is 6. The Morgan fingerprint density at radius 1 is 1.35 bits per heavy atom. The highest BCUT2D eigenvalue weighted by molar-refractivity contribution is 7.89. The number of hydrogen-bond donors (Lipinski definition) is 2. The highest BCUT2D eigenvalue weighted by Crippen LogP contribution is 2.21. The van der Waals surface area contributed by atoms with E-state index in [0.717, 1.165) is 6.20 Å². The summed E-state index contributed by atoms with van der Waals surface area (Å²) >= 11 is 11.3. The van der Waals surface area contributed by atoms with Gasteiger partial charge in [0.05, 0.1) is 5.02 Å². The zero-order valence-corrected chi connectivity index (χ0v) is 11.2. The quantitative estimate of drug-likeness (QED) is 0.615. The number of unbranched alkanes of at least 4 members (excludes halogenated alkanes) is 1. The van der Waals surface area contributed by atoms with Crippen molar-refractivity contribution in [2.24, 2.45) is 0 Å². The van der Waals surface area contributed by atoms with E-state index in [-0.39, 0.29) is 28.2 Å². The minimum atomic E-state index is -3.62. The summed E-state index contributed by atoms with van der Waals surface area (Å²) in [5.41, 5.74) is 0. The number of sulfonamides is 1. The van der Waals surface area contributed by atoms with Crippen LogP contribution in [-0.4, -0.2) is 31.7 Å². The van der Waals surface area contributed by atoms with Crippen LogP contribution in [-0.2, 0) is 10.0 Å². The van der Waals surface area contributed by atoms with Crippen LogP contribution in [0.4, 0.5) is 0 Å². The number of aliphatic hydroxyl groups excluding tert-OH is 1.